The van der Waals surface area contributed by atoms with E-state index in [-0.39, 0.29) is 0 Å². The van der Waals surface area contributed by atoms with Gasteiger partial charge >= 0.3 is 0 Å². The van der Waals surface area contributed by atoms with Crippen LogP contribution in [0.4, 0.5) is 11.8 Å². The molecule has 0 spiro atoms. The fourth-order valence-corrected chi connectivity index (χ4v) is 3.66. The summed E-state index contributed by atoms with van der Waals surface area (Å²) in [5.74, 6) is 1.95. The van der Waals surface area contributed by atoms with Crippen LogP contribution in [-0.4, -0.2) is 22.6 Å². The molecule has 3 rings (SSSR count). The lowest BCUT2D eigenvalue weighted by Gasteiger charge is -2.45. The molecule has 1 aliphatic carbocycles. The van der Waals surface area contributed by atoms with Crippen molar-refractivity contribution < 1.29 is 0 Å². The van der Waals surface area contributed by atoms with E-state index in [1.54, 1.807) is 6.20 Å². The van der Waals surface area contributed by atoms with Crippen molar-refractivity contribution >= 4 is 23.4 Å². The summed E-state index contributed by atoms with van der Waals surface area (Å²) in [4.78, 5) is 10.7. The van der Waals surface area contributed by atoms with Crippen LogP contribution in [0, 0.1) is 5.92 Å². The van der Waals surface area contributed by atoms with Gasteiger partial charge in [0.1, 0.15) is 5.02 Å². The number of fused-ring (bicyclic) bond motifs is 1. The van der Waals surface area contributed by atoms with E-state index >= 15 is 0 Å². The highest BCUT2D eigenvalue weighted by Gasteiger charge is 2.34. The number of nitrogens with zero attached hydrogens (tertiary/aromatic N) is 3. The first kappa shape index (κ1) is 12.0. The molecule has 1 aromatic heterocycles. The van der Waals surface area contributed by atoms with Crippen molar-refractivity contribution in [2.75, 3.05) is 17.2 Å². The van der Waals surface area contributed by atoms with Crippen molar-refractivity contribution in [2.24, 2.45) is 5.92 Å². The maximum Gasteiger partial charge on any atom is 0.222 e. The van der Waals surface area contributed by atoms with Gasteiger partial charge < -0.3 is 10.6 Å². The van der Waals surface area contributed by atoms with Crippen molar-refractivity contribution in [3.05, 3.63) is 11.2 Å². The van der Waals surface area contributed by atoms with Crippen LogP contribution in [0.1, 0.15) is 38.5 Å². The summed E-state index contributed by atoms with van der Waals surface area (Å²) in [5, 5.41) is 0.621. The summed E-state index contributed by atoms with van der Waals surface area (Å²) in [5.41, 5.74) is 5.69. The molecule has 0 bridgehead atoms. The van der Waals surface area contributed by atoms with Gasteiger partial charge in [-0.15, -0.1) is 0 Å². The Morgan fingerprint density at radius 1 is 1.22 bits per heavy atom. The second kappa shape index (κ2) is 4.92. The number of hydrogen-bond donors (Lipinski definition) is 1. The maximum absolute atomic E-state index is 6.24. The Morgan fingerprint density at radius 3 is 2.89 bits per heavy atom. The molecule has 1 aliphatic heterocycles. The summed E-state index contributed by atoms with van der Waals surface area (Å²) >= 11 is 6.24. The summed E-state index contributed by atoms with van der Waals surface area (Å²) in [7, 11) is 0. The van der Waals surface area contributed by atoms with E-state index in [0.717, 1.165) is 18.3 Å². The average molecular weight is 267 g/mol. The van der Waals surface area contributed by atoms with Crippen LogP contribution < -0.4 is 10.6 Å². The molecule has 0 radical (unpaired) electrons. The predicted molar refractivity (Wildman–Crippen MR) is 73.8 cm³/mol. The Morgan fingerprint density at radius 2 is 2.00 bits per heavy atom. The molecule has 2 fully saturated rings. The highest BCUT2D eigenvalue weighted by molar-refractivity contribution is 6.32. The van der Waals surface area contributed by atoms with Crippen molar-refractivity contribution in [3.8, 4) is 0 Å². The smallest absolute Gasteiger partial charge is 0.222 e. The molecule has 2 atom stereocenters. The van der Waals surface area contributed by atoms with Gasteiger partial charge in [-0.3, -0.25) is 0 Å². The minimum atomic E-state index is 0.312. The molecule has 2 aliphatic rings. The number of anilines is 2. The summed E-state index contributed by atoms with van der Waals surface area (Å²) in [6.45, 7) is 1.04. The monoisotopic (exact) mass is 266 g/mol. The third-order valence-electron chi connectivity index (χ3n) is 4.26. The van der Waals surface area contributed by atoms with Crippen LogP contribution in [0.25, 0.3) is 0 Å². The molecule has 4 nitrogen and oxygen atoms in total. The zero-order valence-electron chi connectivity index (χ0n) is 10.5. The Hall–Kier alpha value is -1.03. The first-order valence-corrected chi connectivity index (χ1v) is 7.18. The predicted octanol–water partition coefficient (Wildman–Crippen LogP) is 2.87. The Labute approximate surface area is 113 Å². The van der Waals surface area contributed by atoms with Crippen LogP contribution >= 0.6 is 11.6 Å². The molecule has 2 N–H and O–H groups in total. The number of nitrogens with two attached hydrogens (primary N) is 1. The van der Waals surface area contributed by atoms with E-state index in [4.69, 9.17) is 17.3 Å². The fourth-order valence-electron chi connectivity index (χ4n) is 3.46. The zero-order valence-corrected chi connectivity index (χ0v) is 11.2. The van der Waals surface area contributed by atoms with Gasteiger partial charge in [-0.2, -0.15) is 4.98 Å². The summed E-state index contributed by atoms with van der Waals surface area (Å²) < 4.78 is 0. The molecule has 2 unspecified atom stereocenters. The van der Waals surface area contributed by atoms with Gasteiger partial charge in [0.25, 0.3) is 0 Å². The first-order chi connectivity index (χ1) is 8.75. The topological polar surface area (TPSA) is 55.0 Å². The number of aromatic nitrogens is 2. The lowest BCUT2D eigenvalue weighted by Crippen LogP contribution is -2.47. The van der Waals surface area contributed by atoms with Crippen molar-refractivity contribution in [3.63, 3.8) is 0 Å². The van der Waals surface area contributed by atoms with Crippen molar-refractivity contribution in [1.29, 1.82) is 0 Å². The Kier molecular flexibility index (Phi) is 3.29. The third kappa shape index (κ3) is 2.14. The quantitative estimate of drug-likeness (QED) is 0.849. The van der Waals surface area contributed by atoms with Crippen molar-refractivity contribution in [2.45, 2.75) is 44.6 Å². The minimum absolute atomic E-state index is 0.312. The molecule has 1 saturated carbocycles. The van der Waals surface area contributed by atoms with E-state index in [2.05, 4.69) is 14.9 Å². The maximum atomic E-state index is 6.24. The van der Waals surface area contributed by atoms with E-state index in [1.165, 1.54) is 38.5 Å². The number of rotatable bonds is 1. The largest absolute Gasteiger partial charge is 0.368 e. The molecule has 98 valence electrons. The minimum Gasteiger partial charge on any atom is -0.368 e. The van der Waals surface area contributed by atoms with Gasteiger partial charge in [0.15, 0.2) is 5.82 Å². The second-order valence-electron chi connectivity index (χ2n) is 5.35. The standard InChI is InChI=1S/C13H19ClN4/c14-10-8-16-13(15)17-12(10)18-7-3-5-9-4-1-2-6-11(9)18/h8-9,11H,1-7H2,(H2,15,16,17). The van der Waals surface area contributed by atoms with Gasteiger partial charge in [-0.25, -0.2) is 4.98 Å². The highest BCUT2D eigenvalue weighted by atomic mass is 35.5. The van der Waals surface area contributed by atoms with E-state index in [0.29, 0.717) is 17.0 Å². The fraction of sp³-hybridized carbons (Fsp3) is 0.692. The molecular formula is C13H19ClN4. The SMILES string of the molecule is Nc1ncc(Cl)c(N2CCCC3CCCCC32)n1. The second-order valence-corrected chi connectivity index (χ2v) is 5.75. The third-order valence-corrected chi connectivity index (χ3v) is 4.53. The number of piperidine rings is 1. The van der Waals surface area contributed by atoms with Gasteiger partial charge in [0, 0.05) is 12.6 Å². The van der Waals surface area contributed by atoms with E-state index in [1.807, 2.05) is 0 Å². The molecule has 18 heavy (non-hydrogen) atoms. The van der Waals surface area contributed by atoms with Crippen LogP contribution in [0.3, 0.4) is 0 Å². The lowest BCUT2D eigenvalue weighted by molar-refractivity contribution is 0.243. The highest BCUT2D eigenvalue weighted by Crippen LogP contribution is 2.38. The van der Waals surface area contributed by atoms with E-state index < -0.39 is 0 Å². The average Bonchev–Trinajstić information content (AvgIpc) is 2.41. The number of hydrogen-bond acceptors (Lipinski definition) is 4. The number of nitrogen functional groups attached to an aromatic ring is 1. The van der Waals surface area contributed by atoms with Gasteiger partial charge in [-0.05, 0) is 31.6 Å². The van der Waals surface area contributed by atoms with Crippen LogP contribution in [0.15, 0.2) is 6.20 Å². The zero-order chi connectivity index (χ0) is 12.5. The Balaban J connectivity index is 1.91. The molecule has 0 amide bonds. The van der Waals surface area contributed by atoms with Crippen molar-refractivity contribution in [1.82, 2.24) is 9.97 Å². The summed E-state index contributed by atoms with van der Waals surface area (Å²) in [6, 6.07) is 0.597. The molecular weight excluding hydrogens is 248 g/mol. The summed E-state index contributed by atoms with van der Waals surface area (Å²) in [6.07, 6.45) is 9.47. The lowest BCUT2D eigenvalue weighted by atomic mass is 9.78. The van der Waals surface area contributed by atoms with Crippen LogP contribution in [-0.2, 0) is 0 Å². The van der Waals surface area contributed by atoms with Crippen LogP contribution in [0.2, 0.25) is 5.02 Å². The Bertz CT molecular complexity index is 435. The molecule has 1 saturated heterocycles. The van der Waals surface area contributed by atoms with E-state index in [9.17, 15) is 0 Å². The van der Waals surface area contributed by atoms with Gasteiger partial charge in [-0.1, -0.05) is 24.4 Å². The number of halogens is 1. The van der Waals surface area contributed by atoms with Gasteiger partial charge in [0.2, 0.25) is 5.95 Å². The van der Waals surface area contributed by atoms with Gasteiger partial charge in [0.05, 0.1) is 6.20 Å². The normalized spacial score (nSPS) is 27.9. The molecule has 0 aromatic carbocycles. The molecule has 5 heteroatoms. The first-order valence-electron chi connectivity index (χ1n) is 6.80. The van der Waals surface area contributed by atoms with Crippen LogP contribution in [0.5, 0.6) is 0 Å². The molecule has 2 heterocycles. The molecule has 1 aromatic rings.